The van der Waals surface area contributed by atoms with E-state index in [0.29, 0.717) is 6.10 Å². The summed E-state index contributed by atoms with van der Waals surface area (Å²) in [7, 11) is 0. The molecule has 1 heteroatoms. The number of allylic oxidation sites excluding steroid dienone is 3. The molecule has 0 amide bonds. The Labute approximate surface area is 120 Å². The van der Waals surface area contributed by atoms with Crippen molar-refractivity contribution in [2.24, 2.45) is 17.8 Å². The van der Waals surface area contributed by atoms with Gasteiger partial charge in [0.25, 0.3) is 0 Å². The van der Waals surface area contributed by atoms with E-state index in [2.05, 4.69) is 39.8 Å². The second-order valence-corrected chi connectivity index (χ2v) is 6.40. The number of hydrogen-bond acceptors (Lipinski definition) is 1. The third-order valence-corrected chi connectivity index (χ3v) is 4.26. The van der Waals surface area contributed by atoms with E-state index in [0.717, 1.165) is 17.8 Å². The molecular formula is C18H32O. The predicted molar refractivity (Wildman–Crippen MR) is 84.0 cm³/mol. The lowest BCUT2D eigenvalue weighted by molar-refractivity contribution is 0.0136. The molecule has 0 saturated heterocycles. The first-order chi connectivity index (χ1) is 9.15. The summed E-state index contributed by atoms with van der Waals surface area (Å²) in [5.74, 6) is 2.27. The normalized spacial score (nSPS) is 28.6. The van der Waals surface area contributed by atoms with Crippen LogP contribution < -0.4 is 0 Å². The highest BCUT2D eigenvalue weighted by Crippen LogP contribution is 2.35. The molecule has 110 valence electrons. The molecule has 1 aliphatic carbocycles. The van der Waals surface area contributed by atoms with Crippen molar-refractivity contribution >= 4 is 0 Å². The van der Waals surface area contributed by atoms with Crippen molar-refractivity contribution in [3.63, 3.8) is 0 Å². The van der Waals surface area contributed by atoms with Gasteiger partial charge in [-0.25, -0.2) is 0 Å². The van der Waals surface area contributed by atoms with Crippen LogP contribution in [0.2, 0.25) is 0 Å². The Bertz CT molecular complexity index is 277. The minimum atomic E-state index is 0.420. The van der Waals surface area contributed by atoms with Gasteiger partial charge in [-0.05, 0) is 43.1 Å². The highest BCUT2D eigenvalue weighted by molar-refractivity contribution is 5.00. The summed E-state index contributed by atoms with van der Waals surface area (Å²) in [5, 5.41) is 0. The molecule has 0 aliphatic heterocycles. The van der Waals surface area contributed by atoms with Gasteiger partial charge in [-0.15, -0.1) is 0 Å². The molecule has 19 heavy (non-hydrogen) atoms. The molecule has 1 saturated carbocycles. The lowest BCUT2D eigenvalue weighted by Gasteiger charge is -2.36. The average Bonchev–Trinajstić information content (AvgIpc) is 2.37. The molecule has 0 spiro atoms. The zero-order valence-corrected chi connectivity index (χ0v) is 13.3. The van der Waals surface area contributed by atoms with E-state index in [4.69, 9.17) is 4.74 Å². The molecular weight excluding hydrogens is 232 g/mol. The highest BCUT2D eigenvalue weighted by atomic mass is 16.5. The second-order valence-electron chi connectivity index (χ2n) is 6.40. The molecule has 1 rings (SSSR count). The molecule has 0 aromatic rings. The first-order valence-corrected chi connectivity index (χ1v) is 8.12. The van der Waals surface area contributed by atoms with E-state index in [1.807, 2.05) is 12.3 Å². The number of rotatable bonds is 7. The summed E-state index contributed by atoms with van der Waals surface area (Å²) in [6, 6.07) is 0. The maximum atomic E-state index is 6.00. The van der Waals surface area contributed by atoms with Gasteiger partial charge in [0.2, 0.25) is 0 Å². The van der Waals surface area contributed by atoms with Gasteiger partial charge in [0.15, 0.2) is 0 Å². The summed E-state index contributed by atoms with van der Waals surface area (Å²) in [6.07, 6.45) is 16.3. The van der Waals surface area contributed by atoms with Gasteiger partial charge in [0, 0.05) is 0 Å². The van der Waals surface area contributed by atoms with Crippen LogP contribution in [0.1, 0.15) is 66.2 Å². The van der Waals surface area contributed by atoms with E-state index in [-0.39, 0.29) is 0 Å². The van der Waals surface area contributed by atoms with Crippen molar-refractivity contribution < 1.29 is 4.74 Å². The van der Waals surface area contributed by atoms with E-state index in [9.17, 15) is 0 Å². The Morgan fingerprint density at radius 1 is 1.21 bits per heavy atom. The van der Waals surface area contributed by atoms with Crippen LogP contribution in [0.25, 0.3) is 0 Å². The average molecular weight is 264 g/mol. The number of unbranched alkanes of at least 4 members (excludes halogenated alkanes) is 2. The fourth-order valence-corrected chi connectivity index (χ4v) is 2.96. The third kappa shape index (κ3) is 6.31. The van der Waals surface area contributed by atoms with Crippen molar-refractivity contribution in [2.75, 3.05) is 0 Å². The molecule has 0 N–H and O–H groups in total. The minimum Gasteiger partial charge on any atom is -0.498 e. The summed E-state index contributed by atoms with van der Waals surface area (Å²) >= 11 is 0. The Morgan fingerprint density at radius 3 is 2.68 bits per heavy atom. The van der Waals surface area contributed by atoms with Crippen molar-refractivity contribution in [2.45, 2.75) is 72.3 Å². The van der Waals surface area contributed by atoms with Crippen LogP contribution in [0.3, 0.4) is 0 Å². The Hall–Kier alpha value is -0.720. The number of hydrogen-bond donors (Lipinski definition) is 0. The quantitative estimate of drug-likeness (QED) is 0.324. The van der Waals surface area contributed by atoms with Gasteiger partial charge < -0.3 is 4.74 Å². The third-order valence-electron chi connectivity index (χ3n) is 4.26. The van der Waals surface area contributed by atoms with E-state index in [1.165, 1.54) is 38.5 Å². The van der Waals surface area contributed by atoms with Gasteiger partial charge in [0.1, 0.15) is 6.10 Å². The summed E-state index contributed by atoms with van der Waals surface area (Å²) in [5.41, 5.74) is 0. The molecule has 0 unspecified atom stereocenters. The van der Waals surface area contributed by atoms with Crippen LogP contribution in [0.5, 0.6) is 0 Å². The van der Waals surface area contributed by atoms with Gasteiger partial charge in [0.05, 0.1) is 6.26 Å². The summed E-state index contributed by atoms with van der Waals surface area (Å²) in [4.78, 5) is 0. The Kier molecular flexibility index (Phi) is 7.93. The summed E-state index contributed by atoms with van der Waals surface area (Å²) < 4.78 is 6.00. The lowest BCUT2D eigenvalue weighted by atomic mass is 9.75. The standard InChI is InChI=1S/C18H32O/c1-5-6-7-8-9-10-13-19-18-14-16(4)11-12-17(18)15(2)3/h8-10,13,15-18H,5-7,11-12,14H2,1-4H3/b9-8-,13-10-/t16-,17+,18-/m0/s1. The summed E-state index contributed by atoms with van der Waals surface area (Å²) in [6.45, 7) is 9.22. The topological polar surface area (TPSA) is 9.23 Å². The molecule has 0 heterocycles. The van der Waals surface area contributed by atoms with Crippen molar-refractivity contribution in [3.8, 4) is 0 Å². The minimum absolute atomic E-state index is 0.420. The fraction of sp³-hybridized carbons (Fsp3) is 0.778. The Morgan fingerprint density at radius 2 is 2.00 bits per heavy atom. The molecule has 0 aromatic heterocycles. The fourth-order valence-electron chi connectivity index (χ4n) is 2.96. The number of ether oxygens (including phenoxy) is 1. The predicted octanol–water partition coefficient (Wildman–Crippen LogP) is 5.72. The van der Waals surface area contributed by atoms with E-state index < -0.39 is 0 Å². The van der Waals surface area contributed by atoms with Gasteiger partial charge in [-0.3, -0.25) is 0 Å². The zero-order valence-electron chi connectivity index (χ0n) is 13.3. The van der Waals surface area contributed by atoms with Crippen molar-refractivity contribution in [1.82, 2.24) is 0 Å². The molecule has 0 radical (unpaired) electrons. The zero-order chi connectivity index (χ0) is 14.1. The van der Waals surface area contributed by atoms with Gasteiger partial charge >= 0.3 is 0 Å². The highest BCUT2D eigenvalue weighted by Gasteiger charge is 2.31. The maximum Gasteiger partial charge on any atom is 0.101 e. The largest absolute Gasteiger partial charge is 0.498 e. The molecule has 1 aliphatic rings. The molecule has 0 aromatic carbocycles. The van der Waals surface area contributed by atoms with Crippen LogP contribution >= 0.6 is 0 Å². The van der Waals surface area contributed by atoms with Crippen LogP contribution in [0, 0.1) is 17.8 Å². The monoisotopic (exact) mass is 264 g/mol. The van der Waals surface area contributed by atoms with E-state index >= 15 is 0 Å². The van der Waals surface area contributed by atoms with Gasteiger partial charge in [-0.2, -0.15) is 0 Å². The molecule has 0 bridgehead atoms. The van der Waals surface area contributed by atoms with Crippen LogP contribution in [-0.4, -0.2) is 6.10 Å². The molecule has 3 atom stereocenters. The van der Waals surface area contributed by atoms with Crippen LogP contribution in [-0.2, 0) is 4.74 Å². The van der Waals surface area contributed by atoms with Crippen LogP contribution in [0.4, 0.5) is 0 Å². The van der Waals surface area contributed by atoms with E-state index in [1.54, 1.807) is 0 Å². The SMILES string of the molecule is CCCC/C=C\C=C/O[C@H]1C[C@@H](C)CC[C@@H]1C(C)C. The maximum absolute atomic E-state index is 6.00. The smallest absolute Gasteiger partial charge is 0.101 e. The first-order valence-electron chi connectivity index (χ1n) is 8.12. The molecule has 1 nitrogen and oxygen atoms in total. The van der Waals surface area contributed by atoms with Crippen LogP contribution in [0.15, 0.2) is 24.5 Å². The Balaban J connectivity index is 2.35. The second kappa shape index (κ2) is 9.23. The lowest BCUT2D eigenvalue weighted by Crippen LogP contribution is -2.33. The van der Waals surface area contributed by atoms with Gasteiger partial charge in [-0.1, -0.05) is 59.1 Å². The van der Waals surface area contributed by atoms with Crippen molar-refractivity contribution in [3.05, 3.63) is 24.5 Å². The van der Waals surface area contributed by atoms with Crippen molar-refractivity contribution in [1.29, 1.82) is 0 Å². The molecule has 1 fully saturated rings. The first kappa shape index (κ1) is 16.3.